The number of hydrogen-bond acceptors (Lipinski definition) is 4. The summed E-state index contributed by atoms with van der Waals surface area (Å²) in [6.07, 6.45) is 1.62. The molecule has 0 saturated carbocycles. The van der Waals surface area contributed by atoms with Crippen LogP contribution in [0, 0.1) is 5.92 Å². The van der Waals surface area contributed by atoms with Gasteiger partial charge in [0, 0.05) is 25.4 Å². The summed E-state index contributed by atoms with van der Waals surface area (Å²) in [5, 5.41) is 15.6. The topological polar surface area (TPSA) is 101 Å². The second kappa shape index (κ2) is 7.63. The second-order valence-corrected chi connectivity index (χ2v) is 8.54. The van der Waals surface area contributed by atoms with Crippen molar-refractivity contribution in [2.75, 3.05) is 18.8 Å². The number of hydrogen-bond donors (Lipinski definition) is 2. The molecule has 1 aromatic rings. The van der Waals surface area contributed by atoms with Crippen molar-refractivity contribution in [2.24, 2.45) is 11.1 Å². The van der Waals surface area contributed by atoms with E-state index in [4.69, 9.17) is 5.14 Å². The van der Waals surface area contributed by atoms with Crippen LogP contribution in [0.15, 0.2) is 30.3 Å². The molecular formula is C17H26N2O4S. The van der Waals surface area contributed by atoms with Crippen LogP contribution < -0.4 is 5.14 Å². The van der Waals surface area contributed by atoms with Crippen molar-refractivity contribution < 1.29 is 18.3 Å². The van der Waals surface area contributed by atoms with E-state index in [1.807, 2.05) is 37.3 Å². The Labute approximate surface area is 143 Å². The van der Waals surface area contributed by atoms with Crippen LogP contribution in [0.2, 0.25) is 0 Å². The smallest absolute Gasteiger partial charge is 0.222 e. The van der Waals surface area contributed by atoms with E-state index in [1.165, 1.54) is 0 Å². The number of sulfonamides is 1. The van der Waals surface area contributed by atoms with Gasteiger partial charge in [-0.3, -0.25) is 4.79 Å². The first-order valence-electron chi connectivity index (χ1n) is 8.22. The van der Waals surface area contributed by atoms with Gasteiger partial charge < -0.3 is 10.0 Å². The monoisotopic (exact) mass is 354 g/mol. The van der Waals surface area contributed by atoms with Crippen LogP contribution in [-0.2, 0) is 21.2 Å². The van der Waals surface area contributed by atoms with Gasteiger partial charge in [-0.2, -0.15) is 0 Å². The van der Waals surface area contributed by atoms with Crippen LogP contribution >= 0.6 is 0 Å². The van der Waals surface area contributed by atoms with E-state index in [-0.39, 0.29) is 30.4 Å². The molecule has 24 heavy (non-hydrogen) atoms. The number of amides is 1. The summed E-state index contributed by atoms with van der Waals surface area (Å²) in [5.74, 6) is -0.305. The maximum atomic E-state index is 12.3. The Morgan fingerprint density at radius 1 is 1.38 bits per heavy atom. The Morgan fingerprint density at radius 2 is 2.04 bits per heavy atom. The average Bonchev–Trinajstić information content (AvgIpc) is 2.49. The van der Waals surface area contributed by atoms with Crippen molar-refractivity contribution in [3.63, 3.8) is 0 Å². The molecule has 1 amide bonds. The van der Waals surface area contributed by atoms with Crippen LogP contribution in [0.25, 0.3) is 0 Å². The zero-order valence-corrected chi connectivity index (χ0v) is 14.8. The molecule has 1 saturated heterocycles. The van der Waals surface area contributed by atoms with E-state index in [0.717, 1.165) is 5.56 Å². The SMILES string of the molecule is C[C@@]1(O)CCN(C(=O)CCCS(N)(=O)=O)C[C@@H]1Cc1ccccc1. The van der Waals surface area contributed by atoms with Crippen molar-refractivity contribution in [1.29, 1.82) is 0 Å². The third kappa shape index (κ3) is 5.58. The molecule has 6 nitrogen and oxygen atoms in total. The molecule has 0 aliphatic carbocycles. The Balaban J connectivity index is 1.95. The maximum absolute atomic E-state index is 12.3. The lowest BCUT2D eigenvalue weighted by molar-refractivity contribution is -0.138. The Bertz CT molecular complexity index is 658. The van der Waals surface area contributed by atoms with Gasteiger partial charge in [0.15, 0.2) is 0 Å². The molecule has 134 valence electrons. The summed E-state index contributed by atoms with van der Waals surface area (Å²) < 4.78 is 21.9. The molecule has 2 atom stereocenters. The standard InChI is InChI=1S/C17H26N2O4S/c1-17(21)9-10-19(16(20)8-5-11-24(18,22)23)13-15(17)12-14-6-3-2-4-7-14/h2-4,6-7,15,21H,5,8-13H2,1H3,(H2,18,22,23)/t15-,17+/m0/s1. The maximum Gasteiger partial charge on any atom is 0.222 e. The summed E-state index contributed by atoms with van der Waals surface area (Å²) >= 11 is 0. The van der Waals surface area contributed by atoms with E-state index in [0.29, 0.717) is 25.9 Å². The third-order valence-electron chi connectivity index (χ3n) is 4.71. The van der Waals surface area contributed by atoms with E-state index in [9.17, 15) is 18.3 Å². The highest BCUT2D eigenvalue weighted by Gasteiger charge is 2.38. The zero-order valence-electron chi connectivity index (χ0n) is 14.0. The predicted octanol–water partition coefficient (Wildman–Crippen LogP) is 0.897. The number of benzene rings is 1. The number of nitrogens with zero attached hydrogens (tertiary/aromatic N) is 1. The number of rotatable bonds is 6. The van der Waals surface area contributed by atoms with E-state index >= 15 is 0 Å². The fourth-order valence-electron chi connectivity index (χ4n) is 3.11. The first-order valence-corrected chi connectivity index (χ1v) is 9.93. The molecule has 0 aromatic heterocycles. The van der Waals surface area contributed by atoms with Crippen molar-refractivity contribution in [1.82, 2.24) is 4.90 Å². The van der Waals surface area contributed by atoms with Crippen LogP contribution in [0.1, 0.15) is 31.7 Å². The lowest BCUT2D eigenvalue weighted by atomic mass is 9.78. The van der Waals surface area contributed by atoms with Crippen molar-refractivity contribution in [3.8, 4) is 0 Å². The quantitative estimate of drug-likeness (QED) is 0.792. The van der Waals surface area contributed by atoms with Gasteiger partial charge in [0.05, 0.1) is 11.4 Å². The highest BCUT2D eigenvalue weighted by molar-refractivity contribution is 7.89. The lowest BCUT2D eigenvalue weighted by Gasteiger charge is -2.43. The van der Waals surface area contributed by atoms with Gasteiger partial charge >= 0.3 is 0 Å². The molecule has 1 aliphatic rings. The second-order valence-electron chi connectivity index (χ2n) is 6.80. The molecule has 1 aliphatic heterocycles. The summed E-state index contributed by atoms with van der Waals surface area (Å²) in [4.78, 5) is 14.0. The number of aliphatic hydroxyl groups is 1. The normalized spacial score (nSPS) is 24.8. The Kier molecular flexibility index (Phi) is 6.01. The van der Waals surface area contributed by atoms with Gasteiger partial charge in [-0.15, -0.1) is 0 Å². The minimum atomic E-state index is -3.53. The van der Waals surface area contributed by atoms with Crippen LogP contribution in [0.5, 0.6) is 0 Å². The van der Waals surface area contributed by atoms with Crippen LogP contribution in [-0.4, -0.2) is 48.8 Å². The number of nitrogens with two attached hydrogens (primary N) is 1. The highest BCUT2D eigenvalue weighted by atomic mass is 32.2. The summed E-state index contributed by atoms with van der Waals surface area (Å²) in [7, 11) is -3.53. The molecule has 0 radical (unpaired) electrons. The number of likely N-dealkylation sites (tertiary alicyclic amines) is 1. The fraction of sp³-hybridized carbons (Fsp3) is 0.588. The molecule has 1 aromatic carbocycles. The number of carbonyl (C=O) groups excluding carboxylic acids is 1. The number of primary sulfonamides is 1. The molecule has 1 fully saturated rings. The molecule has 0 unspecified atom stereocenters. The first kappa shape index (κ1) is 18.9. The predicted molar refractivity (Wildman–Crippen MR) is 92.7 cm³/mol. The highest BCUT2D eigenvalue weighted by Crippen LogP contribution is 2.30. The van der Waals surface area contributed by atoms with E-state index in [1.54, 1.807) is 4.90 Å². The van der Waals surface area contributed by atoms with Crippen LogP contribution in [0.4, 0.5) is 0 Å². The average molecular weight is 354 g/mol. The van der Waals surface area contributed by atoms with Gasteiger partial charge in [0.1, 0.15) is 0 Å². The molecule has 3 N–H and O–H groups in total. The summed E-state index contributed by atoms with van der Waals surface area (Å²) in [6, 6.07) is 9.90. The molecular weight excluding hydrogens is 328 g/mol. The number of carbonyl (C=O) groups is 1. The minimum Gasteiger partial charge on any atom is -0.390 e. The summed E-state index contributed by atoms with van der Waals surface area (Å²) in [6.45, 7) is 2.80. The zero-order chi connectivity index (χ0) is 17.8. The van der Waals surface area contributed by atoms with Crippen molar-refractivity contribution in [3.05, 3.63) is 35.9 Å². The molecule has 7 heteroatoms. The van der Waals surface area contributed by atoms with Gasteiger partial charge in [0.2, 0.25) is 15.9 Å². The van der Waals surface area contributed by atoms with E-state index in [2.05, 4.69) is 0 Å². The Morgan fingerprint density at radius 3 is 2.67 bits per heavy atom. The lowest BCUT2D eigenvalue weighted by Crippen LogP contribution is -2.52. The molecule has 0 spiro atoms. The van der Waals surface area contributed by atoms with Crippen molar-refractivity contribution in [2.45, 2.75) is 38.2 Å². The first-order chi connectivity index (χ1) is 11.2. The number of piperidine rings is 1. The molecule has 1 heterocycles. The van der Waals surface area contributed by atoms with Gasteiger partial charge in [0.25, 0.3) is 0 Å². The summed E-state index contributed by atoms with van der Waals surface area (Å²) in [5.41, 5.74) is 0.319. The van der Waals surface area contributed by atoms with Gasteiger partial charge in [-0.1, -0.05) is 30.3 Å². The molecule has 2 rings (SSSR count). The minimum absolute atomic E-state index is 0.0455. The van der Waals surface area contributed by atoms with Crippen molar-refractivity contribution >= 4 is 15.9 Å². The van der Waals surface area contributed by atoms with Gasteiger partial charge in [-0.05, 0) is 31.7 Å². The van der Waals surface area contributed by atoms with E-state index < -0.39 is 15.6 Å². The Hall–Kier alpha value is -1.44. The largest absolute Gasteiger partial charge is 0.390 e. The van der Waals surface area contributed by atoms with Crippen LogP contribution in [0.3, 0.4) is 0 Å². The fourth-order valence-corrected chi connectivity index (χ4v) is 3.66. The third-order valence-corrected chi connectivity index (χ3v) is 5.56. The van der Waals surface area contributed by atoms with Gasteiger partial charge in [-0.25, -0.2) is 13.6 Å². The molecule has 0 bridgehead atoms.